The molecule has 0 bridgehead atoms. The van der Waals surface area contributed by atoms with E-state index in [-0.39, 0.29) is 5.91 Å². The van der Waals surface area contributed by atoms with Gasteiger partial charge < -0.3 is 5.32 Å². The lowest BCUT2D eigenvalue weighted by molar-refractivity contribution is 0.0951. The zero-order valence-corrected chi connectivity index (χ0v) is 9.31. The Morgan fingerprint density at radius 1 is 1.35 bits per heavy atom. The molecule has 1 fully saturated rings. The fourth-order valence-electron chi connectivity index (χ4n) is 1.75. The third kappa shape index (κ3) is 2.20. The molecule has 0 unspecified atom stereocenters. The topological polar surface area (TPSA) is 57.8 Å². The van der Waals surface area contributed by atoms with Gasteiger partial charge in [0.2, 0.25) is 0 Å². The Morgan fingerprint density at radius 3 is 2.94 bits per heavy atom. The normalized spacial score (nSPS) is 14.6. The van der Waals surface area contributed by atoms with E-state index in [2.05, 4.69) is 15.5 Å². The van der Waals surface area contributed by atoms with Crippen molar-refractivity contribution in [3.8, 4) is 11.1 Å². The van der Waals surface area contributed by atoms with E-state index in [1.165, 1.54) is 0 Å². The maximum absolute atomic E-state index is 11.9. The number of carbonyl (C=O) groups excluding carboxylic acids is 1. The second-order valence-corrected chi connectivity index (χ2v) is 4.32. The van der Waals surface area contributed by atoms with E-state index in [0.717, 1.165) is 24.0 Å². The maximum Gasteiger partial charge on any atom is 0.251 e. The van der Waals surface area contributed by atoms with Crippen LogP contribution < -0.4 is 5.32 Å². The van der Waals surface area contributed by atoms with Crippen molar-refractivity contribution < 1.29 is 4.79 Å². The molecule has 2 N–H and O–H groups in total. The van der Waals surface area contributed by atoms with E-state index in [1.54, 1.807) is 6.20 Å². The van der Waals surface area contributed by atoms with E-state index < -0.39 is 0 Å². The molecule has 4 nitrogen and oxygen atoms in total. The van der Waals surface area contributed by atoms with Crippen LogP contribution in [0.15, 0.2) is 36.7 Å². The third-order valence-corrected chi connectivity index (χ3v) is 2.87. The number of carbonyl (C=O) groups is 1. The quantitative estimate of drug-likeness (QED) is 0.842. The Morgan fingerprint density at radius 2 is 2.24 bits per heavy atom. The van der Waals surface area contributed by atoms with E-state index in [0.29, 0.717) is 11.6 Å². The Labute approximate surface area is 99.1 Å². The fourth-order valence-corrected chi connectivity index (χ4v) is 1.75. The Bertz CT molecular complexity index is 529. The Hall–Kier alpha value is -2.10. The van der Waals surface area contributed by atoms with Gasteiger partial charge in [-0.15, -0.1) is 0 Å². The Kier molecular flexibility index (Phi) is 2.40. The summed E-state index contributed by atoms with van der Waals surface area (Å²) in [5.74, 6) is 0.0119. The highest BCUT2D eigenvalue weighted by Crippen LogP contribution is 2.21. The number of rotatable bonds is 3. The van der Waals surface area contributed by atoms with Crippen LogP contribution in [0.25, 0.3) is 11.1 Å². The second kappa shape index (κ2) is 4.05. The predicted molar refractivity (Wildman–Crippen MR) is 64.5 cm³/mol. The summed E-state index contributed by atoms with van der Waals surface area (Å²) in [6.07, 6.45) is 5.77. The van der Waals surface area contributed by atoms with Crippen LogP contribution in [0, 0.1) is 0 Å². The van der Waals surface area contributed by atoms with Gasteiger partial charge in [0.25, 0.3) is 5.91 Å². The number of amides is 1. The maximum atomic E-state index is 11.9. The van der Waals surface area contributed by atoms with Crippen LogP contribution in [0.1, 0.15) is 23.2 Å². The number of hydrogen-bond acceptors (Lipinski definition) is 2. The van der Waals surface area contributed by atoms with Crippen LogP contribution in [0.5, 0.6) is 0 Å². The van der Waals surface area contributed by atoms with Crippen molar-refractivity contribution in [2.75, 3.05) is 0 Å². The first-order valence-corrected chi connectivity index (χ1v) is 5.73. The molecule has 17 heavy (non-hydrogen) atoms. The lowest BCUT2D eigenvalue weighted by Crippen LogP contribution is -2.25. The Balaban J connectivity index is 1.85. The summed E-state index contributed by atoms with van der Waals surface area (Å²) < 4.78 is 0. The number of aromatic nitrogens is 2. The highest BCUT2D eigenvalue weighted by Gasteiger charge is 2.23. The average Bonchev–Trinajstić information content (AvgIpc) is 3.00. The van der Waals surface area contributed by atoms with Crippen LogP contribution in [-0.4, -0.2) is 22.1 Å². The van der Waals surface area contributed by atoms with Crippen LogP contribution in [0.4, 0.5) is 0 Å². The highest BCUT2D eigenvalue weighted by molar-refractivity contribution is 5.95. The molecule has 0 spiro atoms. The monoisotopic (exact) mass is 227 g/mol. The molecule has 0 radical (unpaired) electrons. The van der Waals surface area contributed by atoms with Gasteiger partial charge in [0, 0.05) is 23.4 Å². The smallest absolute Gasteiger partial charge is 0.251 e. The van der Waals surface area contributed by atoms with Crippen LogP contribution in [-0.2, 0) is 0 Å². The molecule has 86 valence electrons. The van der Waals surface area contributed by atoms with Crippen molar-refractivity contribution in [3.63, 3.8) is 0 Å². The molecule has 2 aromatic rings. The van der Waals surface area contributed by atoms with Gasteiger partial charge in [0.05, 0.1) is 6.20 Å². The molecule has 1 aliphatic carbocycles. The minimum Gasteiger partial charge on any atom is -0.349 e. The highest BCUT2D eigenvalue weighted by atomic mass is 16.1. The SMILES string of the molecule is O=C(NC1CC1)c1cccc(-c2cn[nH]c2)c1. The number of hydrogen-bond donors (Lipinski definition) is 2. The molecular formula is C13H13N3O. The first-order valence-electron chi connectivity index (χ1n) is 5.73. The summed E-state index contributed by atoms with van der Waals surface area (Å²) >= 11 is 0. The van der Waals surface area contributed by atoms with Gasteiger partial charge in [-0.2, -0.15) is 5.10 Å². The number of aromatic amines is 1. The second-order valence-electron chi connectivity index (χ2n) is 4.32. The third-order valence-electron chi connectivity index (χ3n) is 2.87. The standard InChI is InChI=1S/C13H13N3O/c17-13(16-12-4-5-12)10-3-1-2-9(6-10)11-7-14-15-8-11/h1-3,6-8,12H,4-5H2,(H,14,15)(H,16,17). The molecule has 0 aliphatic heterocycles. The molecule has 1 aromatic carbocycles. The first kappa shape index (κ1) is 10.1. The lowest BCUT2D eigenvalue weighted by atomic mass is 10.1. The lowest BCUT2D eigenvalue weighted by Gasteiger charge is -2.04. The number of H-pyrrole nitrogens is 1. The minimum atomic E-state index is 0.0119. The largest absolute Gasteiger partial charge is 0.349 e. The molecule has 1 heterocycles. The van der Waals surface area contributed by atoms with E-state index in [4.69, 9.17) is 0 Å². The molecule has 0 atom stereocenters. The summed E-state index contributed by atoms with van der Waals surface area (Å²) in [4.78, 5) is 11.9. The van der Waals surface area contributed by atoms with Gasteiger partial charge in [-0.25, -0.2) is 0 Å². The van der Waals surface area contributed by atoms with E-state index in [9.17, 15) is 4.79 Å². The first-order chi connectivity index (χ1) is 8.33. The van der Waals surface area contributed by atoms with Crippen LogP contribution >= 0.6 is 0 Å². The van der Waals surface area contributed by atoms with Crippen molar-refractivity contribution in [1.82, 2.24) is 15.5 Å². The predicted octanol–water partition coefficient (Wildman–Crippen LogP) is 1.97. The number of benzene rings is 1. The summed E-state index contributed by atoms with van der Waals surface area (Å²) in [5, 5.41) is 9.65. The molecule has 1 aromatic heterocycles. The fraction of sp³-hybridized carbons (Fsp3) is 0.231. The minimum absolute atomic E-state index is 0.0119. The van der Waals surface area contributed by atoms with Gasteiger partial charge >= 0.3 is 0 Å². The molecule has 1 saturated carbocycles. The van der Waals surface area contributed by atoms with Gasteiger partial charge in [-0.1, -0.05) is 12.1 Å². The van der Waals surface area contributed by atoms with Crippen molar-refractivity contribution in [2.45, 2.75) is 18.9 Å². The van der Waals surface area contributed by atoms with Crippen molar-refractivity contribution in [3.05, 3.63) is 42.2 Å². The van der Waals surface area contributed by atoms with Gasteiger partial charge in [0.1, 0.15) is 0 Å². The molecule has 1 aliphatic rings. The van der Waals surface area contributed by atoms with Gasteiger partial charge in [-0.3, -0.25) is 9.89 Å². The van der Waals surface area contributed by atoms with E-state index >= 15 is 0 Å². The summed E-state index contributed by atoms with van der Waals surface area (Å²) in [6.45, 7) is 0. The summed E-state index contributed by atoms with van der Waals surface area (Å²) in [7, 11) is 0. The van der Waals surface area contributed by atoms with E-state index in [1.807, 2.05) is 30.5 Å². The molecule has 0 saturated heterocycles. The molecule has 1 amide bonds. The molecule has 3 rings (SSSR count). The van der Waals surface area contributed by atoms with Gasteiger partial charge in [0.15, 0.2) is 0 Å². The zero-order chi connectivity index (χ0) is 11.7. The average molecular weight is 227 g/mol. The van der Waals surface area contributed by atoms with Crippen LogP contribution in [0.3, 0.4) is 0 Å². The van der Waals surface area contributed by atoms with Crippen molar-refractivity contribution in [1.29, 1.82) is 0 Å². The number of nitrogens with zero attached hydrogens (tertiary/aromatic N) is 1. The number of nitrogens with one attached hydrogen (secondary N) is 2. The molecular weight excluding hydrogens is 214 g/mol. The van der Waals surface area contributed by atoms with Crippen molar-refractivity contribution >= 4 is 5.91 Å². The summed E-state index contributed by atoms with van der Waals surface area (Å²) in [5.41, 5.74) is 2.70. The zero-order valence-electron chi connectivity index (χ0n) is 9.31. The van der Waals surface area contributed by atoms with Crippen LogP contribution in [0.2, 0.25) is 0 Å². The molecule has 4 heteroatoms. The van der Waals surface area contributed by atoms with Gasteiger partial charge in [-0.05, 0) is 30.5 Å². The van der Waals surface area contributed by atoms with Crippen molar-refractivity contribution in [2.24, 2.45) is 0 Å². The summed E-state index contributed by atoms with van der Waals surface area (Å²) in [6, 6.07) is 7.98.